The summed E-state index contributed by atoms with van der Waals surface area (Å²) in [5.74, 6) is 0.813. The third kappa shape index (κ3) is 2.31. The molecule has 2 rings (SSSR count). The second-order valence-electron chi connectivity index (χ2n) is 3.97. The van der Waals surface area contributed by atoms with E-state index in [4.69, 9.17) is 23.2 Å². The van der Waals surface area contributed by atoms with E-state index in [1.54, 1.807) is 0 Å². The molecule has 3 nitrogen and oxygen atoms in total. The fraction of sp³-hybridized carbons (Fsp3) is 0.333. The molecule has 1 aromatic carbocycles. The highest BCUT2D eigenvalue weighted by Gasteiger charge is 2.12. The maximum atomic E-state index is 6.19. The van der Waals surface area contributed by atoms with Crippen molar-refractivity contribution in [3.63, 3.8) is 0 Å². The molecule has 0 spiro atoms. The number of aromatic nitrogens is 2. The standard InChI is InChI=1S/C12H13Cl2N3/c1-4-17(3)11-8-5-7(2)6-9(13)10(8)15-12(14)16-11/h5-6H,4H2,1-3H3. The lowest BCUT2D eigenvalue weighted by Gasteiger charge is -2.18. The fourth-order valence-corrected chi connectivity index (χ4v) is 2.21. The molecule has 5 heteroatoms. The maximum Gasteiger partial charge on any atom is 0.224 e. The maximum absolute atomic E-state index is 6.19. The predicted octanol–water partition coefficient (Wildman–Crippen LogP) is 3.70. The summed E-state index contributed by atoms with van der Waals surface area (Å²) in [6, 6.07) is 3.90. The lowest BCUT2D eigenvalue weighted by Crippen LogP contribution is -2.18. The zero-order valence-electron chi connectivity index (χ0n) is 9.96. The molecule has 2 aromatic rings. The summed E-state index contributed by atoms with van der Waals surface area (Å²) in [6.45, 7) is 4.89. The van der Waals surface area contributed by atoms with Crippen LogP contribution < -0.4 is 4.90 Å². The van der Waals surface area contributed by atoms with Crippen molar-refractivity contribution in [1.82, 2.24) is 9.97 Å². The van der Waals surface area contributed by atoms with Gasteiger partial charge in [0.15, 0.2) is 0 Å². The van der Waals surface area contributed by atoms with Crippen LogP contribution in [-0.2, 0) is 0 Å². The minimum Gasteiger partial charge on any atom is -0.359 e. The third-order valence-electron chi connectivity index (χ3n) is 2.69. The van der Waals surface area contributed by atoms with Crippen molar-refractivity contribution in [2.45, 2.75) is 13.8 Å². The number of benzene rings is 1. The number of nitrogens with zero attached hydrogens (tertiary/aromatic N) is 3. The van der Waals surface area contributed by atoms with Crippen LogP contribution in [0.2, 0.25) is 10.3 Å². The van der Waals surface area contributed by atoms with Gasteiger partial charge in [0.1, 0.15) is 5.82 Å². The van der Waals surface area contributed by atoms with Gasteiger partial charge in [0.05, 0.1) is 10.5 Å². The lowest BCUT2D eigenvalue weighted by molar-refractivity contribution is 0.940. The highest BCUT2D eigenvalue weighted by molar-refractivity contribution is 6.36. The molecule has 0 atom stereocenters. The SMILES string of the molecule is CCN(C)c1nc(Cl)nc2c(Cl)cc(C)cc12. The van der Waals surface area contributed by atoms with Gasteiger partial charge in [0.2, 0.25) is 5.28 Å². The first-order valence-corrected chi connectivity index (χ1v) is 6.13. The number of aryl methyl sites for hydroxylation is 1. The van der Waals surface area contributed by atoms with Gasteiger partial charge in [0.25, 0.3) is 0 Å². The minimum atomic E-state index is 0.221. The molecule has 0 bridgehead atoms. The van der Waals surface area contributed by atoms with Crippen molar-refractivity contribution in [3.8, 4) is 0 Å². The van der Waals surface area contributed by atoms with E-state index >= 15 is 0 Å². The monoisotopic (exact) mass is 269 g/mol. The van der Waals surface area contributed by atoms with Crippen LogP contribution in [0.25, 0.3) is 10.9 Å². The van der Waals surface area contributed by atoms with Crippen molar-refractivity contribution in [2.75, 3.05) is 18.5 Å². The summed E-state index contributed by atoms with van der Waals surface area (Å²) in [5, 5.41) is 1.76. The molecule has 90 valence electrons. The number of hydrogen-bond donors (Lipinski definition) is 0. The number of halogens is 2. The quantitative estimate of drug-likeness (QED) is 0.779. The van der Waals surface area contributed by atoms with Gasteiger partial charge in [-0.2, -0.15) is 4.98 Å². The van der Waals surface area contributed by atoms with Crippen LogP contribution in [0, 0.1) is 6.92 Å². The van der Waals surface area contributed by atoms with Gasteiger partial charge in [-0.05, 0) is 43.1 Å². The number of rotatable bonds is 2. The Bertz CT molecular complexity index is 569. The smallest absolute Gasteiger partial charge is 0.224 e. The number of fused-ring (bicyclic) bond motifs is 1. The Kier molecular flexibility index (Phi) is 3.40. The highest BCUT2D eigenvalue weighted by atomic mass is 35.5. The van der Waals surface area contributed by atoms with E-state index in [1.165, 1.54) is 0 Å². The lowest BCUT2D eigenvalue weighted by atomic mass is 10.1. The molecule has 0 unspecified atom stereocenters. The van der Waals surface area contributed by atoms with Gasteiger partial charge in [-0.1, -0.05) is 11.6 Å². The van der Waals surface area contributed by atoms with E-state index in [9.17, 15) is 0 Å². The van der Waals surface area contributed by atoms with Gasteiger partial charge >= 0.3 is 0 Å². The second kappa shape index (κ2) is 4.67. The average molecular weight is 270 g/mol. The molecule has 1 aromatic heterocycles. The van der Waals surface area contributed by atoms with E-state index in [0.717, 1.165) is 23.3 Å². The van der Waals surface area contributed by atoms with Crippen LogP contribution >= 0.6 is 23.2 Å². The van der Waals surface area contributed by atoms with Gasteiger partial charge in [0, 0.05) is 19.0 Å². The first kappa shape index (κ1) is 12.4. The van der Waals surface area contributed by atoms with Crippen LogP contribution in [0.1, 0.15) is 12.5 Å². The van der Waals surface area contributed by atoms with Crippen LogP contribution in [0.4, 0.5) is 5.82 Å². The van der Waals surface area contributed by atoms with Gasteiger partial charge in [-0.25, -0.2) is 4.98 Å². The Morgan fingerprint density at radius 1 is 1.24 bits per heavy atom. The molecule has 0 saturated heterocycles. The van der Waals surface area contributed by atoms with Gasteiger partial charge in [-0.15, -0.1) is 0 Å². The van der Waals surface area contributed by atoms with Crippen LogP contribution in [0.5, 0.6) is 0 Å². The Morgan fingerprint density at radius 2 is 1.94 bits per heavy atom. The fourth-order valence-electron chi connectivity index (χ4n) is 1.72. The summed E-state index contributed by atoms with van der Waals surface area (Å²) in [6.07, 6.45) is 0. The van der Waals surface area contributed by atoms with Gasteiger partial charge in [-0.3, -0.25) is 0 Å². The zero-order valence-corrected chi connectivity index (χ0v) is 11.5. The van der Waals surface area contributed by atoms with Crippen LogP contribution in [0.3, 0.4) is 0 Å². The molecule has 0 N–H and O–H groups in total. The molecule has 0 fully saturated rings. The van der Waals surface area contributed by atoms with Gasteiger partial charge < -0.3 is 4.90 Å². The summed E-state index contributed by atoms with van der Waals surface area (Å²) in [7, 11) is 1.97. The number of hydrogen-bond acceptors (Lipinski definition) is 3. The predicted molar refractivity (Wildman–Crippen MR) is 73.2 cm³/mol. The van der Waals surface area contributed by atoms with Crippen molar-refractivity contribution in [2.24, 2.45) is 0 Å². The van der Waals surface area contributed by atoms with Crippen LogP contribution in [-0.4, -0.2) is 23.6 Å². The van der Waals surface area contributed by atoms with E-state index in [1.807, 2.05) is 31.0 Å². The first-order chi connectivity index (χ1) is 8.02. The average Bonchev–Trinajstić information content (AvgIpc) is 2.28. The molecule has 0 radical (unpaired) electrons. The molecular weight excluding hydrogens is 257 g/mol. The largest absolute Gasteiger partial charge is 0.359 e. The zero-order chi connectivity index (χ0) is 12.6. The van der Waals surface area contributed by atoms with Crippen molar-refractivity contribution in [1.29, 1.82) is 0 Å². The number of anilines is 1. The normalized spacial score (nSPS) is 10.9. The van der Waals surface area contributed by atoms with Crippen molar-refractivity contribution >= 4 is 39.9 Å². The Morgan fingerprint density at radius 3 is 2.59 bits per heavy atom. The minimum absolute atomic E-state index is 0.221. The van der Waals surface area contributed by atoms with Crippen LogP contribution in [0.15, 0.2) is 12.1 Å². The van der Waals surface area contributed by atoms with E-state index in [-0.39, 0.29) is 5.28 Å². The Hall–Kier alpha value is -1.06. The molecule has 0 aliphatic carbocycles. The molecule has 0 aliphatic heterocycles. The summed E-state index contributed by atoms with van der Waals surface area (Å²) < 4.78 is 0. The summed E-state index contributed by atoms with van der Waals surface area (Å²) >= 11 is 12.1. The molecule has 17 heavy (non-hydrogen) atoms. The van der Waals surface area contributed by atoms with E-state index in [0.29, 0.717) is 10.5 Å². The van der Waals surface area contributed by atoms with E-state index in [2.05, 4.69) is 16.9 Å². The van der Waals surface area contributed by atoms with E-state index < -0.39 is 0 Å². The Balaban J connectivity index is 2.82. The molecule has 0 aliphatic rings. The second-order valence-corrected chi connectivity index (χ2v) is 4.72. The molecule has 0 amide bonds. The third-order valence-corrected chi connectivity index (χ3v) is 3.14. The summed E-state index contributed by atoms with van der Waals surface area (Å²) in [5.41, 5.74) is 1.78. The topological polar surface area (TPSA) is 29.0 Å². The molecule has 0 saturated carbocycles. The van der Waals surface area contributed by atoms with Crippen molar-refractivity contribution < 1.29 is 0 Å². The Labute approximate surface area is 110 Å². The molecular formula is C12H13Cl2N3. The first-order valence-electron chi connectivity index (χ1n) is 5.37. The van der Waals surface area contributed by atoms with Crippen molar-refractivity contribution in [3.05, 3.63) is 28.0 Å². The summed E-state index contributed by atoms with van der Waals surface area (Å²) in [4.78, 5) is 10.5. The highest BCUT2D eigenvalue weighted by Crippen LogP contribution is 2.30. The molecule has 1 heterocycles.